The minimum atomic E-state index is -1.05. The van der Waals surface area contributed by atoms with Crippen molar-refractivity contribution in [1.29, 1.82) is 0 Å². The Morgan fingerprint density at radius 3 is 2.50 bits per heavy atom. The lowest BCUT2D eigenvalue weighted by Crippen LogP contribution is -2.53. The summed E-state index contributed by atoms with van der Waals surface area (Å²) in [6.07, 6.45) is 3.23. The molecule has 0 aromatic heterocycles. The molecule has 2 N–H and O–H groups in total. The average molecular weight is 575 g/mol. The molecule has 4 amide bonds. The van der Waals surface area contributed by atoms with E-state index in [0.29, 0.717) is 23.9 Å². The molecule has 3 aliphatic heterocycles. The minimum absolute atomic E-state index is 0.122. The van der Waals surface area contributed by atoms with E-state index in [4.69, 9.17) is 21.1 Å². The second-order valence-electron chi connectivity index (χ2n) is 10.8. The Kier molecular flexibility index (Phi) is 7.03. The Morgan fingerprint density at radius 1 is 1.02 bits per heavy atom. The summed E-state index contributed by atoms with van der Waals surface area (Å²) in [5.74, 6) is -2.05. The Bertz CT molecular complexity index is 1340. The molecule has 1 aliphatic carbocycles. The number of hydrogen-bond acceptors (Lipinski definition) is 6. The van der Waals surface area contributed by atoms with Gasteiger partial charge in [-0.2, -0.15) is 0 Å². The monoisotopic (exact) mass is 574 g/mol. The smallest absolute Gasteiger partial charge is 0.418 e. The van der Waals surface area contributed by atoms with Gasteiger partial charge in [0.25, 0.3) is 0 Å². The molecule has 1 atom stereocenters. The quantitative estimate of drug-likeness (QED) is 0.489. The summed E-state index contributed by atoms with van der Waals surface area (Å²) in [6.45, 7) is 1.40. The number of hydrogen-bond donors (Lipinski definition) is 2. The standard InChI is InChI=1S/C28H29ClF2N4O5/c29-17-2-8-23-20(14-17)28(40-26(37)33-23)9-11-34(12-10-28)19-5-3-18(4-6-19)32-25(36)35-24(15-39-27(35)38)16-1-7-21(30)22(31)13-16/h1-2,7-8,13-14,18-19,24H,3-6,9-12,15H2,(H,32,36)(H,33,37). The molecule has 3 heterocycles. The van der Waals surface area contributed by atoms with Crippen LogP contribution in [-0.4, -0.2) is 59.8 Å². The molecule has 6 rings (SSSR count). The highest BCUT2D eigenvalue weighted by atomic mass is 35.5. The van der Waals surface area contributed by atoms with E-state index in [1.165, 1.54) is 6.07 Å². The third-order valence-corrected chi connectivity index (χ3v) is 8.80. The maximum atomic E-state index is 13.8. The van der Waals surface area contributed by atoms with Gasteiger partial charge in [-0.1, -0.05) is 17.7 Å². The summed E-state index contributed by atoms with van der Waals surface area (Å²) in [6, 6.07) is 7.49. The van der Waals surface area contributed by atoms with Crippen LogP contribution in [0.1, 0.15) is 55.7 Å². The lowest BCUT2D eigenvalue weighted by molar-refractivity contribution is -0.0491. The van der Waals surface area contributed by atoms with Gasteiger partial charge >= 0.3 is 18.2 Å². The summed E-state index contributed by atoms with van der Waals surface area (Å²) in [7, 11) is 0. The van der Waals surface area contributed by atoms with Gasteiger partial charge in [0.1, 0.15) is 18.2 Å². The highest BCUT2D eigenvalue weighted by Gasteiger charge is 2.46. The van der Waals surface area contributed by atoms with Crippen LogP contribution in [0.4, 0.5) is 28.9 Å². The third kappa shape index (κ3) is 4.96. The van der Waals surface area contributed by atoms with Crippen molar-refractivity contribution in [2.45, 2.75) is 62.3 Å². The van der Waals surface area contributed by atoms with Crippen LogP contribution in [0.3, 0.4) is 0 Å². The normalized spacial score (nSPS) is 26.1. The molecule has 1 unspecified atom stereocenters. The van der Waals surface area contributed by atoms with Gasteiger partial charge in [-0.3, -0.25) is 5.32 Å². The topological polar surface area (TPSA) is 100 Å². The maximum absolute atomic E-state index is 13.8. The zero-order valence-corrected chi connectivity index (χ0v) is 22.4. The molecule has 1 spiro atoms. The largest absolute Gasteiger partial charge is 0.446 e. The van der Waals surface area contributed by atoms with Crippen LogP contribution < -0.4 is 10.6 Å². The van der Waals surface area contributed by atoms with Crippen molar-refractivity contribution >= 4 is 35.5 Å². The lowest BCUT2D eigenvalue weighted by Gasteiger charge is -2.47. The Morgan fingerprint density at radius 2 is 1.77 bits per heavy atom. The number of anilines is 1. The van der Waals surface area contributed by atoms with Crippen LogP contribution in [0, 0.1) is 11.6 Å². The van der Waals surface area contributed by atoms with Crippen molar-refractivity contribution in [2.75, 3.05) is 25.0 Å². The van der Waals surface area contributed by atoms with Crippen LogP contribution in [0.25, 0.3) is 0 Å². The molecule has 2 saturated heterocycles. The number of piperidine rings is 1. The van der Waals surface area contributed by atoms with E-state index in [-0.39, 0.29) is 18.2 Å². The maximum Gasteiger partial charge on any atom is 0.418 e. The van der Waals surface area contributed by atoms with Gasteiger partial charge in [0.15, 0.2) is 11.6 Å². The number of cyclic esters (lactones) is 1. The number of carbonyl (C=O) groups is 3. The van der Waals surface area contributed by atoms with Gasteiger partial charge in [0, 0.05) is 48.6 Å². The molecule has 212 valence electrons. The molecule has 40 heavy (non-hydrogen) atoms. The van der Waals surface area contributed by atoms with Crippen molar-refractivity contribution in [3.05, 3.63) is 64.2 Å². The summed E-state index contributed by atoms with van der Waals surface area (Å²) in [4.78, 5) is 41.0. The van der Waals surface area contributed by atoms with E-state index in [1.807, 2.05) is 12.1 Å². The fraction of sp³-hybridized carbons (Fsp3) is 0.464. The number of nitrogens with one attached hydrogen (secondary N) is 2. The second kappa shape index (κ2) is 10.5. The summed E-state index contributed by atoms with van der Waals surface area (Å²) in [5, 5.41) is 6.29. The molecular formula is C28H29ClF2N4O5. The van der Waals surface area contributed by atoms with Gasteiger partial charge in [0.05, 0.1) is 5.69 Å². The van der Waals surface area contributed by atoms with Gasteiger partial charge in [-0.25, -0.2) is 28.1 Å². The third-order valence-electron chi connectivity index (χ3n) is 8.56. The number of ether oxygens (including phenoxy) is 2. The number of fused-ring (bicyclic) bond motifs is 2. The first-order valence-corrected chi connectivity index (χ1v) is 13.9. The Hall–Kier alpha value is -3.44. The predicted octanol–water partition coefficient (Wildman–Crippen LogP) is 5.69. The van der Waals surface area contributed by atoms with E-state index >= 15 is 0 Å². The number of benzene rings is 2. The number of imide groups is 1. The summed E-state index contributed by atoms with van der Waals surface area (Å²) < 4.78 is 38.0. The molecule has 9 nitrogen and oxygen atoms in total. The zero-order valence-electron chi connectivity index (χ0n) is 21.6. The number of carbonyl (C=O) groups excluding carboxylic acids is 3. The van der Waals surface area contributed by atoms with E-state index in [9.17, 15) is 23.2 Å². The fourth-order valence-electron chi connectivity index (χ4n) is 6.43. The molecule has 3 fully saturated rings. The van der Waals surface area contributed by atoms with Crippen LogP contribution in [-0.2, 0) is 15.1 Å². The van der Waals surface area contributed by atoms with Crippen molar-refractivity contribution in [2.24, 2.45) is 0 Å². The molecule has 12 heteroatoms. The van der Waals surface area contributed by atoms with Gasteiger partial charge < -0.3 is 19.7 Å². The first-order valence-electron chi connectivity index (χ1n) is 13.5. The van der Waals surface area contributed by atoms with Crippen LogP contribution in [0.15, 0.2) is 36.4 Å². The van der Waals surface area contributed by atoms with Crippen molar-refractivity contribution in [3.8, 4) is 0 Å². The van der Waals surface area contributed by atoms with E-state index in [0.717, 1.165) is 67.1 Å². The highest BCUT2D eigenvalue weighted by molar-refractivity contribution is 6.30. The molecule has 2 aromatic rings. The fourth-order valence-corrected chi connectivity index (χ4v) is 6.60. The minimum Gasteiger partial charge on any atom is -0.446 e. The number of likely N-dealkylation sites (tertiary alicyclic amines) is 1. The lowest BCUT2D eigenvalue weighted by atomic mass is 9.80. The number of nitrogens with zero attached hydrogens (tertiary/aromatic N) is 2. The van der Waals surface area contributed by atoms with Crippen molar-refractivity contribution in [1.82, 2.24) is 15.1 Å². The number of urea groups is 1. The summed E-state index contributed by atoms with van der Waals surface area (Å²) in [5.41, 5.74) is 1.24. The molecule has 4 aliphatic rings. The van der Waals surface area contributed by atoms with E-state index in [1.54, 1.807) is 6.07 Å². The van der Waals surface area contributed by atoms with E-state index < -0.39 is 41.5 Å². The molecule has 0 radical (unpaired) electrons. The Labute approximate surface area is 234 Å². The van der Waals surface area contributed by atoms with Gasteiger partial charge in [-0.05, 0) is 61.6 Å². The predicted molar refractivity (Wildman–Crippen MR) is 141 cm³/mol. The molecular weight excluding hydrogens is 546 g/mol. The first kappa shape index (κ1) is 26.8. The SMILES string of the molecule is O=C1Nc2ccc(Cl)cc2C2(CCN(C3CCC(NC(=O)N4C(=O)OCC4c4ccc(F)c(F)c4)CC3)CC2)O1. The number of rotatable bonds is 3. The molecule has 1 saturated carbocycles. The average Bonchev–Trinajstić information content (AvgIpc) is 3.33. The van der Waals surface area contributed by atoms with Crippen LogP contribution in [0.5, 0.6) is 0 Å². The van der Waals surface area contributed by atoms with Crippen molar-refractivity contribution < 1.29 is 32.6 Å². The van der Waals surface area contributed by atoms with Crippen LogP contribution in [0.2, 0.25) is 5.02 Å². The molecule has 0 bridgehead atoms. The van der Waals surface area contributed by atoms with Gasteiger partial charge in [-0.15, -0.1) is 0 Å². The number of amides is 4. The molecule has 2 aromatic carbocycles. The second-order valence-corrected chi connectivity index (χ2v) is 11.3. The number of halogens is 3. The highest BCUT2D eigenvalue weighted by Crippen LogP contribution is 2.45. The van der Waals surface area contributed by atoms with E-state index in [2.05, 4.69) is 15.5 Å². The van der Waals surface area contributed by atoms with Crippen molar-refractivity contribution in [3.63, 3.8) is 0 Å². The Balaban J connectivity index is 1.04. The first-order chi connectivity index (χ1) is 19.2. The van der Waals surface area contributed by atoms with Crippen LogP contribution >= 0.6 is 11.6 Å². The van der Waals surface area contributed by atoms with Gasteiger partial charge in [0.2, 0.25) is 0 Å². The zero-order chi connectivity index (χ0) is 28.0. The summed E-state index contributed by atoms with van der Waals surface area (Å²) >= 11 is 6.25.